The van der Waals surface area contributed by atoms with Crippen molar-refractivity contribution in [1.29, 1.82) is 0 Å². The summed E-state index contributed by atoms with van der Waals surface area (Å²) in [6, 6.07) is 16.4. The van der Waals surface area contributed by atoms with Gasteiger partial charge in [-0.2, -0.15) is 0 Å². The van der Waals surface area contributed by atoms with Crippen LogP contribution in [-0.4, -0.2) is 39.8 Å². The zero-order chi connectivity index (χ0) is 20.0. The largest absolute Gasteiger partial charge is 0.497 e. The highest BCUT2D eigenvalue weighted by Gasteiger charge is 2.37. The van der Waals surface area contributed by atoms with Crippen LogP contribution >= 0.6 is 0 Å². The van der Waals surface area contributed by atoms with Crippen molar-refractivity contribution in [1.82, 2.24) is 5.32 Å². The SMILES string of the molecule is CCC(=O)NCC1(c2cccc(OC)c2)CCN(c2ccccc2OC)CC1. The van der Waals surface area contributed by atoms with E-state index in [2.05, 4.69) is 28.4 Å². The third kappa shape index (κ3) is 4.24. The predicted molar refractivity (Wildman–Crippen MR) is 112 cm³/mol. The summed E-state index contributed by atoms with van der Waals surface area (Å²) in [6.07, 6.45) is 2.39. The van der Waals surface area contributed by atoms with E-state index in [1.807, 2.05) is 37.3 Å². The topological polar surface area (TPSA) is 50.8 Å². The Morgan fingerprint density at radius 3 is 2.50 bits per heavy atom. The molecule has 0 aromatic heterocycles. The van der Waals surface area contributed by atoms with Crippen LogP contribution in [0.1, 0.15) is 31.7 Å². The lowest BCUT2D eigenvalue weighted by Crippen LogP contribution is -2.49. The second-order valence-corrected chi connectivity index (χ2v) is 7.30. The summed E-state index contributed by atoms with van der Waals surface area (Å²) in [6.45, 7) is 4.34. The molecule has 150 valence electrons. The Labute approximate surface area is 167 Å². The van der Waals surface area contributed by atoms with Crippen molar-refractivity contribution in [3.63, 3.8) is 0 Å². The fourth-order valence-electron chi connectivity index (χ4n) is 3.98. The molecule has 0 bridgehead atoms. The zero-order valence-corrected chi connectivity index (χ0v) is 17.0. The van der Waals surface area contributed by atoms with E-state index < -0.39 is 0 Å². The van der Waals surface area contributed by atoms with Crippen LogP contribution in [0.5, 0.6) is 11.5 Å². The van der Waals surface area contributed by atoms with Crippen LogP contribution in [0.25, 0.3) is 0 Å². The molecule has 3 rings (SSSR count). The fourth-order valence-corrected chi connectivity index (χ4v) is 3.98. The van der Waals surface area contributed by atoms with Crippen LogP contribution < -0.4 is 19.7 Å². The van der Waals surface area contributed by atoms with E-state index >= 15 is 0 Å². The Hall–Kier alpha value is -2.69. The molecule has 2 aromatic rings. The first-order valence-electron chi connectivity index (χ1n) is 9.91. The van der Waals surface area contributed by atoms with E-state index in [0.29, 0.717) is 13.0 Å². The zero-order valence-electron chi connectivity index (χ0n) is 17.0. The van der Waals surface area contributed by atoms with Crippen LogP contribution in [-0.2, 0) is 10.2 Å². The van der Waals surface area contributed by atoms with Gasteiger partial charge in [-0.3, -0.25) is 4.79 Å². The molecule has 28 heavy (non-hydrogen) atoms. The van der Waals surface area contributed by atoms with Crippen molar-refractivity contribution in [2.45, 2.75) is 31.6 Å². The number of para-hydroxylation sites is 2. The van der Waals surface area contributed by atoms with Gasteiger partial charge in [-0.05, 0) is 42.7 Å². The lowest BCUT2D eigenvalue weighted by atomic mass is 9.72. The summed E-state index contributed by atoms with van der Waals surface area (Å²) in [5.41, 5.74) is 2.25. The minimum Gasteiger partial charge on any atom is -0.497 e. The molecule has 1 heterocycles. The summed E-state index contributed by atoms with van der Waals surface area (Å²) in [7, 11) is 3.40. The van der Waals surface area contributed by atoms with Crippen molar-refractivity contribution in [3.05, 3.63) is 54.1 Å². The van der Waals surface area contributed by atoms with Gasteiger partial charge in [0.2, 0.25) is 5.91 Å². The molecule has 1 aliphatic heterocycles. The van der Waals surface area contributed by atoms with Gasteiger partial charge in [-0.15, -0.1) is 0 Å². The molecular formula is C23H30N2O3. The standard InChI is InChI=1S/C23H30N2O3/c1-4-22(26)24-17-23(18-8-7-9-19(16-18)27-2)12-14-25(15-13-23)20-10-5-6-11-21(20)28-3/h5-11,16H,4,12-15,17H2,1-3H3,(H,24,26). The highest BCUT2D eigenvalue weighted by Crippen LogP contribution is 2.39. The van der Waals surface area contributed by atoms with E-state index in [0.717, 1.165) is 43.1 Å². The molecule has 1 fully saturated rings. The number of methoxy groups -OCH3 is 2. The summed E-state index contributed by atoms with van der Waals surface area (Å²) >= 11 is 0. The predicted octanol–water partition coefficient (Wildman–Crippen LogP) is 3.77. The molecule has 0 unspecified atom stereocenters. The third-order valence-corrected chi connectivity index (χ3v) is 5.77. The van der Waals surface area contributed by atoms with Gasteiger partial charge in [-0.25, -0.2) is 0 Å². The number of piperidine rings is 1. The van der Waals surface area contributed by atoms with Gasteiger partial charge in [0.15, 0.2) is 0 Å². The van der Waals surface area contributed by atoms with Crippen LogP contribution in [0.3, 0.4) is 0 Å². The number of hydrogen-bond donors (Lipinski definition) is 1. The van der Waals surface area contributed by atoms with Gasteiger partial charge in [-0.1, -0.05) is 31.2 Å². The molecule has 1 N–H and O–H groups in total. The van der Waals surface area contributed by atoms with Crippen molar-refractivity contribution < 1.29 is 14.3 Å². The van der Waals surface area contributed by atoms with Crippen molar-refractivity contribution >= 4 is 11.6 Å². The monoisotopic (exact) mass is 382 g/mol. The quantitative estimate of drug-likeness (QED) is 0.792. The second-order valence-electron chi connectivity index (χ2n) is 7.30. The molecule has 5 nitrogen and oxygen atoms in total. The Balaban J connectivity index is 1.84. The fraction of sp³-hybridized carbons (Fsp3) is 0.435. The van der Waals surface area contributed by atoms with Crippen LogP contribution in [0.2, 0.25) is 0 Å². The summed E-state index contributed by atoms with van der Waals surface area (Å²) in [5.74, 6) is 1.84. The number of nitrogens with one attached hydrogen (secondary N) is 1. The van der Waals surface area contributed by atoms with Gasteiger partial charge in [0.05, 0.1) is 19.9 Å². The second kappa shape index (κ2) is 9.00. The Kier molecular flexibility index (Phi) is 6.45. The molecule has 1 amide bonds. The van der Waals surface area contributed by atoms with Crippen LogP contribution in [0.15, 0.2) is 48.5 Å². The van der Waals surface area contributed by atoms with Gasteiger partial charge < -0.3 is 19.7 Å². The van der Waals surface area contributed by atoms with Gasteiger partial charge in [0.1, 0.15) is 11.5 Å². The van der Waals surface area contributed by atoms with E-state index in [-0.39, 0.29) is 11.3 Å². The first kappa shape index (κ1) is 20.1. The normalized spacial score (nSPS) is 15.8. The Bertz CT molecular complexity index is 798. The van der Waals surface area contributed by atoms with E-state index in [1.54, 1.807) is 14.2 Å². The lowest BCUT2D eigenvalue weighted by Gasteiger charge is -2.43. The number of amides is 1. The van der Waals surface area contributed by atoms with Gasteiger partial charge in [0, 0.05) is 31.5 Å². The summed E-state index contributed by atoms with van der Waals surface area (Å²) < 4.78 is 11.0. The summed E-state index contributed by atoms with van der Waals surface area (Å²) in [4.78, 5) is 14.3. The van der Waals surface area contributed by atoms with E-state index in [9.17, 15) is 4.79 Å². The number of carbonyl (C=O) groups excluding carboxylic acids is 1. The first-order chi connectivity index (χ1) is 13.6. The van der Waals surface area contributed by atoms with Crippen molar-refractivity contribution in [2.24, 2.45) is 0 Å². The highest BCUT2D eigenvalue weighted by atomic mass is 16.5. The van der Waals surface area contributed by atoms with Crippen molar-refractivity contribution in [3.8, 4) is 11.5 Å². The number of benzene rings is 2. The molecule has 5 heteroatoms. The van der Waals surface area contributed by atoms with Crippen LogP contribution in [0, 0.1) is 0 Å². The average molecular weight is 383 g/mol. The first-order valence-corrected chi connectivity index (χ1v) is 9.91. The van der Waals surface area contributed by atoms with Gasteiger partial charge in [0.25, 0.3) is 0 Å². The molecule has 0 spiro atoms. The molecule has 2 aromatic carbocycles. The molecule has 0 aliphatic carbocycles. The van der Waals surface area contributed by atoms with Gasteiger partial charge >= 0.3 is 0 Å². The molecule has 0 saturated carbocycles. The number of rotatable bonds is 7. The van der Waals surface area contributed by atoms with E-state index in [4.69, 9.17) is 9.47 Å². The van der Waals surface area contributed by atoms with Crippen LogP contribution in [0.4, 0.5) is 5.69 Å². The average Bonchev–Trinajstić information content (AvgIpc) is 2.77. The van der Waals surface area contributed by atoms with E-state index in [1.165, 1.54) is 5.56 Å². The minimum absolute atomic E-state index is 0.0921. The summed E-state index contributed by atoms with van der Waals surface area (Å²) in [5, 5.41) is 3.13. The Morgan fingerprint density at radius 1 is 1.07 bits per heavy atom. The molecule has 0 atom stereocenters. The smallest absolute Gasteiger partial charge is 0.219 e. The number of hydrogen-bond acceptors (Lipinski definition) is 4. The highest BCUT2D eigenvalue weighted by molar-refractivity contribution is 5.75. The minimum atomic E-state index is -0.0993. The molecule has 1 saturated heterocycles. The number of nitrogens with zero attached hydrogens (tertiary/aromatic N) is 1. The Morgan fingerprint density at radius 2 is 1.82 bits per heavy atom. The number of carbonyl (C=O) groups is 1. The lowest BCUT2D eigenvalue weighted by molar-refractivity contribution is -0.121. The third-order valence-electron chi connectivity index (χ3n) is 5.77. The maximum atomic E-state index is 12.0. The molecular weight excluding hydrogens is 352 g/mol. The maximum Gasteiger partial charge on any atom is 0.219 e. The molecule has 0 radical (unpaired) electrons. The number of anilines is 1. The maximum absolute atomic E-state index is 12.0. The number of ether oxygens (including phenoxy) is 2. The molecule has 1 aliphatic rings. The van der Waals surface area contributed by atoms with Crippen molar-refractivity contribution in [2.75, 3.05) is 38.8 Å².